The van der Waals surface area contributed by atoms with Gasteiger partial charge in [0.2, 0.25) is 0 Å². The first kappa shape index (κ1) is 19.1. The highest BCUT2D eigenvalue weighted by molar-refractivity contribution is 5.83. The molecule has 3 aromatic carbocycles. The molecule has 0 spiro atoms. The van der Waals surface area contributed by atoms with Crippen LogP contribution in [0.4, 0.5) is 8.78 Å². The van der Waals surface area contributed by atoms with Crippen LogP contribution in [0.5, 0.6) is 0 Å². The first-order valence-corrected chi connectivity index (χ1v) is 9.64. The van der Waals surface area contributed by atoms with Gasteiger partial charge in [0.05, 0.1) is 18.6 Å². The Morgan fingerprint density at radius 2 is 1.34 bits per heavy atom. The minimum Gasteiger partial charge on any atom is -0.347 e. The number of hydrogen-bond acceptors (Lipinski definition) is 1. The van der Waals surface area contributed by atoms with Gasteiger partial charge in [0.1, 0.15) is 0 Å². The second kappa shape index (κ2) is 8.03. The second-order valence-corrected chi connectivity index (χ2v) is 7.49. The topological polar surface area (TPSA) is 36.4 Å². The number of nitrogens with one attached hydrogen (secondary N) is 2. The Hall–Kier alpha value is -3.21. The van der Waals surface area contributed by atoms with Crippen LogP contribution >= 0.6 is 0 Å². The van der Waals surface area contributed by atoms with Crippen molar-refractivity contribution in [1.82, 2.24) is 10.6 Å². The third-order valence-corrected chi connectivity index (χ3v) is 5.12. The summed E-state index contributed by atoms with van der Waals surface area (Å²) in [5.74, 6) is -1.06. The lowest BCUT2D eigenvalue weighted by atomic mass is 9.93. The Balaban J connectivity index is 1.63. The average Bonchev–Trinajstić information content (AvgIpc) is 3.13. The van der Waals surface area contributed by atoms with Gasteiger partial charge in [0.15, 0.2) is 17.6 Å². The van der Waals surface area contributed by atoms with E-state index in [1.165, 1.54) is 28.3 Å². The van der Waals surface area contributed by atoms with Gasteiger partial charge in [-0.15, -0.1) is 0 Å². The van der Waals surface area contributed by atoms with Gasteiger partial charge in [0.25, 0.3) is 0 Å². The number of hydrogen-bond donors (Lipinski definition) is 2. The van der Waals surface area contributed by atoms with Crippen molar-refractivity contribution in [3.63, 3.8) is 0 Å². The second-order valence-electron chi connectivity index (χ2n) is 7.49. The molecule has 0 saturated carbocycles. The number of guanidine groups is 1. The molecule has 5 heteroatoms. The van der Waals surface area contributed by atoms with E-state index in [1.807, 2.05) is 0 Å². The largest absolute Gasteiger partial charge is 0.347 e. The summed E-state index contributed by atoms with van der Waals surface area (Å²) in [6.45, 7) is 4.41. The molecule has 0 amide bonds. The van der Waals surface area contributed by atoms with E-state index in [9.17, 15) is 8.78 Å². The summed E-state index contributed by atoms with van der Waals surface area (Å²) < 4.78 is 26.6. The average molecular weight is 391 g/mol. The van der Waals surface area contributed by atoms with Gasteiger partial charge in [-0.05, 0) is 42.7 Å². The van der Waals surface area contributed by atoms with E-state index in [4.69, 9.17) is 0 Å². The fourth-order valence-electron chi connectivity index (χ4n) is 3.68. The molecule has 3 aromatic rings. The summed E-state index contributed by atoms with van der Waals surface area (Å²) in [4.78, 5) is 4.57. The van der Waals surface area contributed by atoms with Gasteiger partial charge in [-0.25, -0.2) is 13.8 Å². The fourth-order valence-corrected chi connectivity index (χ4v) is 3.68. The van der Waals surface area contributed by atoms with Gasteiger partial charge in [-0.3, -0.25) is 0 Å². The Morgan fingerprint density at radius 1 is 0.759 bits per heavy atom. The molecule has 1 aliphatic rings. The third kappa shape index (κ3) is 4.29. The minimum absolute atomic E-state index is 0.0143. The molecule has 3 nitrogen and oxygen atoms in total. The molecule has 2 atom stereocenters. The Bertz CT molecular complexity index is 1010. The van der Waals surface area contributed by atoms with Gasteiger partial charge in [-0.2, -0.15) is 0 Å². The maximum Gasteiger partial charge on any atom is 0.192 e. The molecule has 2 N–H and O–H groups in total. The van der Waals surface area contributed by atoms with Crippen LogP contribution in [0.15, 0.2) is 71.7 Å². The first-order valence-electron chi connectivity index (χ1n) is 9.64. The molecule has 148 valence electrons. The molecule has 1 aliphatic heterocycles. The maximum atomic E-state index is 13.5. The predicted octanol–water partition coefficient (Wildman–Crippen LogP) is 5.11. The molecule has 0 radical (unpaired) electrons. The van der Waals surface area contributed by atoms with E-state index in [-0.39, 0.29) is 18.6 Å². The van der Waals surface area contributed by atoms with E-state index < -0.39 is 11.6 Å². The van der Waals surface area contributed by atoms with E-state index in [0.717, 1.165) is 6.07 Å². The van der Waals surface area contributed by atoms with Gasteiger partial charge in [0, 0.05) is 0 Å². The molecule has 1 fully saturated rings. The molecule has 1 saturated heterocycles. The Morgan fingerprint density at radius 3 is 1.86 bits per heavy atom. The molecule has 0 aromatic heterocycles. The SMILES string of the molecule is Cc1cccc(C2NC(=NCc3ccc(F)c(F)c3)NC2c2cccc(C)c2)c1. The number of rotatable bonds is 4. The van der Waals surface area contributed by atoms with Gasteiger partial charge < -0.3 is 10.6 Å². The zero-order valence-corrected chi connectivity index (χ0v) is 16.4. The minimum atomic E-state index is -0.856. The third-order valence-electron chi connectivity index (χ3n) is 5.12. The quantitative estimate of drug-likeness (QED) is 0.648. The van der Waals surface area contributed by atoms with Crippen LogP contribution in [-0.2, 0) is 6.54 Å². The molecule has 2 unspecified atom stereocenters. The summed E-state index contributed by atoms with van der Waals surface area (Å²) in [6, 6.07) is 20.7. The molecular formula is C24H23F2N3. The molecule has 0 bridgehead atoms. The molecule has 4 rings (SSSR count). The van der Waals surface area contributed by atoms with E-state index in [0.29, 0.717) is 11.5 Å². The van der Waals surface area contributed by atoms with Crippen molar-refractivity contribution in [3.8, 4) is 0 Å². The molecule has 0 aliphatic carbocycles. The van der Waals surface area contributed by atoms with Crippen molar-refractivity contribution in [3.05, 3.63) is 106 Å². The van der Waals surface area contributed by atoms with Gasteiger partial charge in [-0.1, -0.05) is 65.7 Å². The van der Waals surface area contributed by atoms with E-state index in [1.54, 1.807) is 6.07 Å². The summed E-state index contributed by atoms with van der Waals surface area (Å²) in [5.41, 5.74) is 5.34. The lowest BCUT2D eigenvalue weighted by Crippen LogP contribution is -2.25. The number of nitrogens with zero attached hydrogens (tertiary/aromatic N) is 1. The fraction of sp³-hybridized carbons (Fsp3) is 0.208. The summed E-state index contributed by atoms with van der Waals surface area (Å²) in [6.07, 6.45) is 0. The monoisotopic (exact) mass is 391 g/mol. The summed E-state index contributed by atoms with van der Waals surface area (Å²) in [7, 11) is 0. The molecule has 29 heavy (non-hydrogen) atoms. The number of benzene rings is 3. The zero-order chi connectivity index (χ0) is 20.4. The van der Waals surface area contributed by atoms with Crippen LogP contribution in [0.1, 0.15) is 39.9 Å². The Labute approximate surface area is 169 Å². The number of halogens is 2. The molecular weight excluding hydrogens is 368 g/mol. The number of aryl methyl sites for hydroxylation is 2. The van der Waals surface area contributed by atoms with Crippen molar-refractivity contribution in [2.45, 2.75) is 32.5 Å². The predicted molar refractivity (Wildman–Crippen MR) is 112 cm³/mol. The highest BCUT2D eigenvalue weighted by Crippen LogP contribution is 2.33. The van der Waals surface area contributed by atoms with Crippen molar-refractivity contribution < 1.29 is 8.78 Å². The standard InChI is InChI=1S/C24H23F2N3/c1-15-5-3-7-18(11-15)22-23(19-8-4-6-16(2)12-19)29-24(28-22)27-14-17-9-10-20(25)21(26)13-17/h3-13,22-23H,14H2,1-2H3,(H2,27,28,29). The first-order chi connectivity index (χ1) is 14.0. The Kier molecular flexibility index (Phi) is 5.30. The number of aliphatic imine (C=N–C) groups is 1. The van der Waals surface area contributed by atoms with Gasteiger partial charge >= 0.3 is 0 Å². The lowest BCUT2D eigenvalue weighted by molar-refractivity contribution is 0.507. The zero-order valence-electron chi connectivity index (χ0n) is 16.4. The summed E-state index contributed by atoms with van der Waals surface area (Å²) >= 11 is 0. The molecule has 1 heterocycles. The van der Waals surface area contributed by atoms with Crippen LogP contribution in [-0.4, -0.2) is 5.96 Å². The smallest absolute Gasteiger partial charge is 0.192 e. The van der Waals surface area contributed by atoms with Crippen LogP contribution in [0, 0.1) is 25.5 Å². The highest BCUT2D eigenvalue weighted by atomic mass is 19.2. The summed E-state index contributed by atoms with van der Waals surface area (Å²) in [5, 5.41) is 6.94. The van der Waals surface area contributed by atoms with E-state index in [2.05, 4.69) is 78.0 Å². The van der Waals surface area contributed by atoms with Crippen molar-refractivity contribution in [1.29, 1.82) is 0 Å². The van der Waals surface area contributed by atoms with Crippen molar-refractivity contribution in [2.75, 3.05) is 0 Å². The van der Waals surface area contributed by atoms with Crippen molar-refractivity contribution in [2.24, 2.45) is 4.99 Å². The van der Waals surface area contributed by atoms with Crippen LogP contribution in [0.3, 0.4) is 0 Å². The normalized spacial score (nSPS) is 18.3. The highest BCUT2D eigenvalue weighted by Gasteiger charge is 2.32. The van der Waals surface area contributed by atoms with E-state index >= 15 is 0 Å². The van der Waals surface area contributed by atoms with Crippen LogP contribution < -0.4 is 10.6 Å². The lowest BCUT2D eigenvalue weighted by Gasteiger charge is -2.20. The van der Waals surface area contributed by atoms with Crippen LogP contribution in [0.25, 0.3) is 0 Å². The van der Waals surface area contributed by atoms with Crippen LogP contribution in [0.2, 0.25) is 0 Å². The maximum absolute atomic E-state index is 13.5. The van der Waals surface area contributed by atoms with Crippen molar-refractivity contribution >= 4 is 5.96 Å².